The fraction of sp³-hybridized carbons (Fsp3) is 0. The lowest BCUT2D eigenvalue weighted by Crippen LogP contribution is -1.99. The summed E-state index contributed by atoms with van der Waals surface area (Å²) < 4.78 is 2.31. The molecule has 0 saturated heterocycles. The number of fused-ring (bicyclic) bond motifs is 3. The highest BCUT2D eigenvalue weighted by molar-refractivity contribution is 6.11. The van der Waals surface area contributed by atoms with Gasteiger partial charge in [-0.15, -0.1) is 0 Å². The summed E-state index contributed by atoms with van der Waals surface area (Å²) in [5, 5.41) is 1.09. The van der Waals surface area contributed by atoms with Crippen molar-refractivity contribution in [2.24, 2.45) is 0 Å². The minimum absolute atomic E-state index is 0.697. The Labute approximate surface area is 389 Å². The first-order valence-electron chi connectivity index (χ1n) is 22.5. The van der Waals surface area contributed by atoms with Crippen molar-refractivity contribution < 1.29 is 0 Å². The number of aromatic nitrogens is 5. The van der Waals surface area contributed by atoms with Gasteiger partial charge in [-0.3, -0.25) is 0 Å². The van der Waals surface area contributed by atoms with Gasteiger partial charge in [0.2, 0.25) is 0 Å². The summed E-state index contributed by atoms with van der Waals surface area (Å²) in [6.07, 6.45) is 0. The van der Waals surface area contributed by atoms with E-state index in [0.717, 1.165) is 106 Å². The Morgan fingerprint density at radius 1 is 0.269 bits per heavy atom. The molecule has 0 aliphatic heterocycles. The van der Waals surface area contributed by atoms with Crippen molar-refractivity contribution in [1.82, 2.24) is 24.5 Å². The zero-order valence-electron chi connectivity index (χ0n) is 36.4. The van der Waals surface area contributed by atoms with E-state index in [2.05, 4.69) is 199 Å². The summed E-state index contributed by atoms with van der Waals surface area (Å²) in [5.41, 5.74) is 18.5. The van der Waals surface area contributed by atoms with Gasteiger partial charge in [-0.05, 0) is 81.9 Å². The molecule has 0 N–H and O–H groups in total. The Kier molecular flexibility index (Phi) is 10.1. The summed E-state index contributed by atoms with van der Waals surface area (Å²) in [6.45, 7) is 0. The monoisotopic (exact) mass is 855 g/mol. The Hall–Kier alpha value is -9.06. The number of hydrogen-bond acceptors (Lipinski definition) is 4. The van der Waals surface area contributed by atoms with E-state index in [1.807, 2.05) is 54.6 Å². The van der Waals surface area contributed by atoms with Crippen LogP contribution in [0.1, 0.15) is 0 Å². The van der Waals surface area contributed by atoms with Crippen molar-refractivity contribution >= 4 is 21.9 Å². The molecule has 0 unspecified atom stereocenters. The molecule has 12 aromatic rings. The number of nitrogens with zero attached hydrogens (tertiary/aromatic N) is 5. The summed E-state index contributed by atoms with van der Waals surface area (Å²) in [4.78, 5) is 20.8. The van der Waals surface area contributed by atoms with Crippen LogP contribution in [0.2, 0.25) is 0 Å². The third-order valence-electron chi connectivity index (χ3n) is 12.4. The van der Waals surface area contributed by atoms with Gasteiger partial charge >= 0.3 is 0 Å². The van der Waals surface area contributed by atoms with Crippen LogP contribution in [0.25, 0.3) is 118 Å². The molecule has 12 rings (SSSR count). The maximum atomic E-state index is 5.38. The van der Waals surface area contributed by atoms with Gasteiger partial charge in [0, 0.05) is 38.9 Å². The Bertz CT molecular complexity index is 3680. The SMILES string of the molecule is c1ccc(-c2cc(-c3cccc(-c4cccc(-c5cccc(-c6cccc(-c7nc(-c8ccccc8)nc8c9ccccc9n(-c9ccccc9)c78)c6)c5)c4)c3)nc(-c3ccccc3)n2)cc1. The minimum Gasteiger partial charge on any atom is -0.306 e. The van der Waals surface area contributed by atoms with Gasteiger partial charge in [-0.1, -0.05) is 200 Å². The lowest BCUT2D eigenvalue weighted by atomic mass is 9.94. The largest absolute Gasteiger partial charge is 0.306 e. The second-order valence-corrected chi connectivity index (χ2v) is 16.7. The molecular weight excluding hydrogens is 815 g/mol. The minimum atomic E-state index is 0.697. The first-order chi connectivity index (χ1) is 33.2. The fourth-order valence-corrected chi connectivity index (χ4v) is 9.14. The Morgan fingerprint density at radius 3 is 1.21 bits per heavy atom. The molecule has 3 heterocycles. The molecule has 3 aromatic heterocycles. The molecule has 5 heteroatoms. The van der Waals surface area contributed by atoms with Crippen molar-refractivity contribution in [2.45, 2.75) is 0 Å². The van der Waals surface area contributed by atoms with Crippen LogP contribution in [0.4, 0.5) is 0 Å². The van der Waals surface area contributed by atoms with E-state index in [9.17, 15) is 0 Å². The lowest BCUT2D eigenvalue weighted by Gasteiger charge is -2.13. The molecule has 0 saturated carbocycles. The summed E-state index contributed by atoms with van der Waals surface area (Å²) in [7, 11) is 0. The average Bonchev–Trinajstić information content (AvgIpc) is 3.76. The second kappa shape index (κ2) is 17.1. The highest BCUT2D eigenvalue weighted by atomic mass is 15.0. The highest BCUT2D eigenvalue weighted by Crippen LogP contribution is 2.40. The molecule has 0 amide bonds. The molecule has 0 bridgehead atoms. The van der Waals surface area contributed by atoms with Gasteiger partial charge in [0.05, 0.1) is 28.1 Å². The molecule has 9 aromatic carbocycles. The Morgan fingerprint density at radius 2 is 0.657 bits per heavy atom. The lowest BCUT2D eigenvalue weighted by molar-refractivity contribution is 1.15. The maximum Gasteiger partial charge on any atom is 0.160 e. The van der Waals surface area contributed by atoms with Gasteiger partial charge in [0.25, 0.3) is 0 Å². The van der Waals surface area contributed by atoms with Gasteiger partial charge < -0.3 is 4.57 Å². The van der Waals surface area contributed by atoms with Gasteiger partial charge in [-0.25, -0.2) is 19.9 Å². The zero-order valence-corrected chi connectivity index (χ0v) is 36.4. The van der Waals surface area contributed by atoms with E-state index in [4.69, 9.17) is 19.9 Å². The molecule has 5 nitrogen and oxygen atoms in total. The predicted molar refractivity (Wildman–Crippen MR) is 275 cm³/mol. The molecule has 67 heavy (non-hydrogen) atoms. The molecule has 0 aliphatic rings. The highest BCUT2D eigenvalue weighted by Gasteiger charge is 2.21. The van der Waals surface area contributed by atoms with Crippen molar-refractivity contribution in [2.75, 3.05) is 0 Å². The molecule has 0 radical (unpaired) electrons. The van der Waals surface area contributed by atoms with Gasteiger partial charge in [-0.2, -0.15) is 0 Å². The van der Waals surface area contributed by atoms with E-state index < -0.39 is 0 Å². The second-order valence-electron chi connectivity index (χ2n) is 16.7. The van der Waals surface area contributed by atoms with Gasteiger partial charge in [0.1, 0.15) is 5.52 Å². The maximum absolute atomic E-state index is 5.38. The fourth-order valence-electron chi connectivity index (χ4n) is 9.14. The van der Waals surface area contributed by atoms with Crippen LogP contribution in [0.15, 0.2) is 249 Å². The average molecular weight is 856 g/mol. The van der Waals surface area contributed by atoms with Crippen molar-refractivity contribution in [3.8, 4) is 95.6 Å². The standard InChI is InChI=1S/C62H41N5/c1-5-19-42(20-6-1)55-41-56(64-61(63-55)43-21-7-2-8-22-43)51-31-17-29-49(39-51)47-27-15-25-45(37-47)46-26-16-28-48(38-46)50-30-18-32-52(40-50)58-60-59(66-62(65-58)44-23-9-3-10-24-44)54-35-13-14-36-57(54)67(60)53-33-11-4-12-34-53/h1-41H. The van der Waals surface area contributed by atoms with E-state index in [0.29, 0.717) is 11.6 Å². The van der Waals surface area contributed by atoms with Crippen LogP contribution >= 0.6 is 0 Å². The quantitative estimate of drug-likeness (QED) is 0.145. The van der Waals surface area contributed by atoms with Crippen molar-refractivity contribution in [3.05, 3.63) is 249 Å². The first kappa shape index (κ1) is 39.5. The van der Waals surface area contributed by atoms with Crippen LogP contribution in [0.3, 0.4) is 0 Å². The molecule has 0 aliphatic carbocycles. The predicted octanol–water partition coefficient (Wildman–Crippen LogP) is 15.7. The van der Waals surface area contributed by atoms with Crippen molar-refractivity contribution in [3.63, 3.8) is 0 Å². The topological polar surface area (TPSA) is 56.5 Å². The van der Waals surface area contributed by atoms with Crippen LogP contribution in [-0.4, -0.2) is 24.5 Å². The molecule has 0 fully saturated rings. The summed E-state index contributed by atoms with van der Waals surface area (Å²) in [5.74, 6) is 1.40. The van der Waals surface area contributed by atoms with E-state index in [1.165, 1.54) is 0 Å². The molecular formula is C62H41N5. The number of hydrogen-bond donors (Lipinski definition) is 0. The number of benzene rings is 9. The summed E-state index contributed by atoms with van der Waals surface area (Å²) >= 11 is 0. The smallest absolute Gasteiger partial charge is 0.160 e. The molecule has 314 valence electrons. The van der Waals surface area contributed by atoms with E-state index >= 15 is 0 Å². The normalized spacial score (nSPS) is 11.3. The number of para-hydroxylation sites is 2. The van der Waals surface area contributed by atoms with E-state index in [1.54, 1.807) is 0 Å². The third-order valence-corrected chi connectivity index (χ3v) is 12.4. The van der Waals surface area contributed by atoms with Crippen LogP contribution in [0, 0.1) is 0 Å². The Balaban J connectivity index is 0.923. The third kappa shape index (κ3) is 7.64. The zero-order chi connectivity index (χ0) is 44.5. The van der Waals surface area contributed by atoms with Crippen LogP contribution in [-0.2, 0) is 0 Å². The van der Waals surface area contributed by atoms with Gasteiger partial charge in [0.15, 0.2) is 11.6 Å². The van der Waals surface area contributed by atoms with Crippen LogP contribution < -0.4 is 0 Å². The van der Waals surface area contributed by atoms with Crippen LogP contribution in [0.5, 0.6) is 0 Å². The summed E-state index contributed by atoms with van der Waals surface area (Å²) in [6, 6.07) is 86.9. The first-order valence-corrected chi connectivity index (χ1v) is 22.5. The number of rotatable bonds is 9. The van der Waals surface area contributed by atoms with E-state index in [-0.39, 0.29) is 0 Å². The van der Waals surface area contributed by atoms with Crippen molar-refractivity contribution in [1.29, 1.82) is 0 Å². The molecule has 0 spiro atoms. The molecule has 0 atom stereocenters.